The molecule has 9 nitrogen and oxygen atoms in total. The van der Waals surface area contributed by atoms with Gasteiger partial charge >= 0.3 is 29.6 Å². The number of carboxylic acids is 1. The van der Waals surface area contributed by atoms with Gasteiger partial charge in [-0.2, -0.15) is 8.42 Å². The fraction of sp³-hybridized carbons (Fsp3) is 0.682. The Hall–Kier alpha value is -1.20. The van der Waals surface area contributed by atoms with Gasteiger partial charge < -0.3 is 20.5 Å². The molecule has 0 aliphatic carbocycles. The van der Waals surface area contributed by atoms with E-state index in [4.69, 9.17) is 4.55 Å². The molecule has 0 atom stereocenters. The molecule has 0 bridgehead atoms. The molecule has 0 radical (unpaired) electrons. The second kappa shape index (κ2) is 20.2. The zero-order valence-corrected chi connectivity index (χ0v) is 23.4. The zero-order chi connectivity index (χ0) is 25.2. The van der Waals surface area contributed by atoms with Gasteiger partial charge in [-0.3, -0.25) is 14.1 Å². The smallest absolute Gasteiger partial charge is 0.550 e. The maximum atomic E-state index is 11.2. The number of aliphatic carboxylic acids is 1. The first-order valence-electron chi connectivity index (χ1n) is 10.7. The fourth-order valence-electron chi connectivity index (χ4n) is 2.68. The van der Waals surface area contributed by atoms with Crippen LogP contribution in [0.15, 0.2) is 24.8 Å². The van der Waals surface area contributed by atoms with Crippen LogP contribution in [0, 0.1) is 0 Å². The predicted octanol–water partition coefficient (Wildman–Crippen LogP) is -1.10. The Bertz CT molecular complexity index is 722. The molecule has 33 heavy (non-hydrogen) atoms. The molecule has 0 heterocycles. The summed E-state index contributed by atoms with van der Waals surface area (Å²) in [5, 5.41) is 15.4. The van der Waals surface area contributed by atoms with Crippen molar-refractivity contribution in [1.82, 2.24) is 10.6 Å². The second-order valence-electron chi connectivity index (χ2n) is 8.29. The van der Waals surface area contributed by atoms with E-state index in [-0.39, 0.29) is 41.9 Å². The molecule has 0 fully saturated rings. The van der Waals surface area contributed by atoms with Crippen LogP contribution >= 0.6 is 0 Å². The molecule has 0 aromatic carbocycles. The monoisotopic (exact) mass is 498 g/mol. The molecule has 11 heteroatoms. The number of nitrogens with one attached hydrogen (secondary N) is 2. The Balaban J connectivity index is -0.000000566. The van der Waals surface area contributed by atoms with Gasteiger partial charge in [0.1, 0.15) is 0 Å². The van der Waals surface area contributed by atoms with Crippen molar-refractivity contribution >= 4 is 27.9 Å². The number of carbonyl (C=O) groups excluding carboxylic acids is 3. The summed E-state index contributed by atoms with van der Waals surface area (Å²) in [6, 6.07) is 0. The van der Waals surface area contributed by atoms with Crippen molar-refractivity contribution in [2.75, 3.05) is 12.3 Å². The molecular weight excluding hydrogens is 459 g/mol. The maximum Gasteiger partial charge on any atom is 1.00 e. The van der Waals surface area contributed by atoms with Gasteiger partial charge in [-0.05, 0) is 46.1 Å². The van der Waals surface area contributed by atoms with Crippen molar-refractivity contribution in [2.45, 2.75) is 84.1 Å². The number of rotatable bonds is 16. The summed E-state index contributed by atoms with van der Waals surface area (Å²) >= 11 is 0. The van der Waals surface area contributed by atoms with E-state index in [0.717, 1.165) is 51.1 Å². The molecular formula is C22H39N2NaO7S. The Labute approximate surface area is 220 Å². The second-order valence-corrected chi connectivity index (χ2v) is 9.74. The summed E-state index contributed by atoms with van der Waals surface area (Å²) in [6.07, 6.45) is 9.65. The number of hydrogen-bond acceptors (Lipinski definition) is 6. The van der Waals surface area contributed by atoms with E-state index in [1.54, 1.807) is 6.92 Å². The summed E-state index contributed by atoms with van der Waals surface area (Å²) in [5.74, 6) is -2.02. The van der Waals surface area contributed by atoms with Crippen LogP contribution in [0.3, 0.4) is 0 Å². The minimum absolute atomic E-state index is 0. The minimum Gasteiger partial charge on any atom is -0.550 e. The standard InChI is InChI=1S/C15H27NO3.C7H13NO4S.Na/c1-13(2)15(19)16-12-10-8-6-4-3-5-7-9-11-14(17)18;1-4-6(9)8-7(2,3)5-13(10,11)12;/h1,3-12H2,2H3,(H,16,19)(H,17,18);4H,1,5H2,2-3H3,(H,8,9)(H,10,11,12);/q;;+1/p-1. The van der Waals surface area contributed by atoms with Crippen LogP contribution in [-0.4, -0.2) is 48.6 Å². The van der Waals surface area contributed by atoms with Crippen molar-refractivity contribution in [1.29, 1.82) is 0 Å². The molecule has 3 N–H and O–H groups in total. The van der Waals surface area contributed by atoms with E-state index in [0.29, 0.717) is 5.57 Å². The van der Waals surface area contributed by atoms with Gasteiger partial charge in [0.05, 0.1) is 11.3 Å². The van der Waals surface area contributed by atoms with Gasteiger partial charge in [0.15, 0.2) is 0 Å². The van der Waals surface area contributed by atoms with Gasteiger partial charge in [-0.25, -0.2) is 0 Å². The van der Waals surface area contributed by atoms with Crippen LogP contribution < -0.4 is 45.3 Å². The van der Waals surface area contributed by atoms with Crippen molar-refractivity contribution in [2.24, 2.45) is 0 Å². The zero-order valence-electron chi connectivity index (χ0n) is 20.6. The normalized spacial score (nSPS) is 10.7. The molecule has 0 unspecified atom stereocenters. The molecule has 0 aliphatic rings. The van der Waals surface area contributed by atoms with Crippen molar-refractivity contribution in [3.63, 3.8) is 0 Å². The van der Waals surface area contributed by atoms with Crippen LogP contribution in [0.2, 0.25) is 0 Å². The quantitative estimate of drug-likeness (QED) is 0.106. The van der Waals surface area contributed by atoms with Crippen molar-refractivity contribution < 1.29 is 62.0 Å². The predicted molar refractivity (Wildman–Crippen MR) is 123 cm³/mol. The first-order chi connectivity index (χ1) is 14.7. The van der Waals surface area contributed by atoms with Gasteiger partial charge in [0.2, 0.25) is 11.8 Å². The van der Waals surface area contributed by atoms with Crippen LogP contribution in [-0.2, 0) is 24.5 Å². The molecule has 0 aromatic heterocycles. The number of unbranched alkanes of at least 4 members (excludes halogenated alkanes) is 7. The first kappa shape index (κ1) is 36.4. The van der Waals surface area contributed by atoms with Crippen LogP contribution in [0.4, 0.5) is 0 Å². The molecule has 0 aromatic rings. The molecule has 0 aliphatic heterocycles. The average molecular weight is 499 g/mol. The van der Waals surface area contributed by atoms with E-state index < -0.39 is 33.3 Å². The minimum atomic E-state index is -4.08. The Morgan fingerprint density at radius 3 is 1.85 bits per heavy atom. The van der Waals surface area contributed by atoms with E-state index >= 15 is 0 Å². The van der Waals surface area contributed by atoms with Gasteiger partial charge in [-0.1, -0.05) is 51.7 Å². The van der Waals surface area contributed by atoms with Gasteiger partial charge in [0.25, 0.3) is 10.1 Å². The summed E-state index contributed by atoms with van der Waals surface area (Å²) in [4.78, 5) is 32.2. The van der Waals surface area contributed by atoms with E-state index in [9.17, 15) is 27.9 Å². The van der Waals surface area contributed by atoms with Crippen LogP contribution in [0.5, 0.6) is 0 Å². The third kappa shape index (κ3) is 28.8. The van der Waals surface area contributed by atoms with Gasteiger partial charge in [0, 0.05) is 18.1 Å². The number of hydrogen-bond donors (Lipinski definition) is 3. The summed E-state index contributed by atoms with van der Waals surface area (Å²) < 4.78 is 29.5. The third-order valence-electron chi connectivity index (χ3n) is 4.17. The van der Waals surface area contributed by atoms with E-state index in [1.807, 2.05) is 0 Å². The molecule has 186 valence electrons. The molecule has 0 saturated heterocycles. The molecule has 2 amide bonds. The number of amides is 2. The number of carboxylic acid groups (broad SMARTS) is 1. The largest absolute Gasteiger partial charge is 1.00 e. The molecule has 0 spiro atoms. The topological polar surface area (TPSA) is 153 Å². The Kier molecular flexibility index (Phi) is 22.3. The fourth-order valence-corrected chi connectivity index (χ4v) is 3.67. The van der Waals surface area contributed by atoms with E-state index in [2.05, 4.69) is 23.8 Å². The van der Waals surface area contributed by atoms with Crippen LogP contribution in [0.1, 0.15) is 78.6 Å². The van der Waals surface area contributed by atoms with E-state index in [1.165, 1.54) is 26.7 Å². The molecule has 0 rings (SSSR count). The third-order valence-corrected chi connectivity index (χ3v) is 5.26. The van der Waals surface area contributed by atoms with Crippen LogP contribution in [0.25, 0.3) is 0 Å². The number of carbonyl (C=O) groups is 3. The summed E-state index contributed by atoms with van der Waals surface area (Å²) in [6.45, 7) is 12.2. The summed E-state index contributed by atoms with van der Waals surface area (Å²) in [7, 11) is -4.08. The maximum absolute atomic E-state index is 11.2. The van der Waals surface area contributed by atoms with Crippen molar-refractivity contribution in [3.05, 3.63) is 24.8 Å². The Morgan fingerprint density at radius 1 is 1.00 bits per heavy atom. The Morgan fingerprint density at radius 2 is 1.45 bits per heavy atom. The average Bonchev–Trinajstić information content (AvgIpc) is 2.63. The summed E-state index contributed by atoms with van der Waals surface area (Å²) in [5.41, 5.74) is -0.449. The molecule has 0 saturated carbocycles. The first-order valence-corrected chi connectivity index (χ1v) is 12.3. The SMILES string of the molecule is C=C(C)C(=O)NCCCCCCCCCCC(=O)[O-].C=CC(=O)NC(C)(C)CS(=O)(=O)O.[Na+]. The van der Waals surface area contributed by atoms with Crippen molar-refractivity contribution in [3.8, 4) is 0 Å². The van der Waals surface area contributed by atoms with Gasteiger partial charge in [-0.15, -0.1) is 0 Å².